The van der Waals surface area contributed by atoms with Crippen LogP contribution in [-0.2, 0) is 0 Å². The third-order valence-electron chi connectivity index (χ3n) is 4.23. The summed E-state index contributed by atoms with van der Waals surface area (Å²) in [5.74, 6) is 1.22. The van der Waals surface area contributed by atoms with Crippen LogP contribution in [0, 0.1) is 6.92 Å². The first kappa shape index (κ1) is 17.5. The minimum absolute atomic E-state index is 0.265. The predicted octanol–water partition coefficient (Wildman–Crippen LogP) is 3.59. The lowest BCUT2D eigenvalue weighted by Gasteiger charge is -2.08. The van der Waals surface area contributed by atoms with Gasteiger partial charge in [-0.2, -0.15) is 0 Å². The highest BCUT2D eigenvalue weighted by atomic mass is 16.2. The molecule has 2 aromatic carbocycles. The maximum Gasteiger partial charge on any atom is 0.318 e. The number of imidazole rings is 1. The van der Waals surface area contributed by atoms with E-state index in [1.54, 1.807) is 29.9 Å². The Bertz CT molecular complexity index is 1120. The molecule has 2 aromatic heterocycles. The first-order valence-corrected chi connectivity index (χ1v) is 8.77. The van der Waals surface area contributed by atoms with E-state index in [1.807, 2.05) is 49.4 Å². The second-order valence-corrected chi connectivity index (χ2v) is 6.17. The highest BCUT2D eigenvalue weighted by Gasteiger charge is 2.12. The molecule has 0 saturated carbocycles. The fourth-order valence-electron chi connectivity index (χ4n) is 2.81. The lowest BCUT2D eigenvalue weighted by atomic mass is 10.2. The van der Waals surface area contributed by atoms with Crippen LogP contribution >= 0.6 is 0 Å². The number of hydrogen-bond acceptors (Lipinski definition) is 5. The van der Waals surface area contributed by atoms with E-state index < -0.39 is 0 Å². The number of hydrogen-bond donors (Lipinski definition) is 3. The first-order chi connectivity index (χ1) is 13.6. The van der Waals surface area contributed by atoms with Crippen molar-refractivity contribution in [2.24, 2.45) is 0 Å². The number of amides is 2. The van der Waals surface area contributed by atoms with Crippen molar-refractivity contribution in [3.05, 3.63) is 66.5 Å². The van der Waals surface area contributed by atoms with E-state index in [0.29, 0.717) is 11.6 Å². The number of aryl methyl sites for hydroxylation is 1. The molecule has 8 heteroatoms. The van der Waals surface area contributed by atoms with Crippen LogP contribution in [0.5, 0.6) is 0 Å². The number of anilines is 3. The van der Waals surface area contributed by atoms with Gasteiger partial charge in [-0.25, -0.2) is 19.3 Å². The Balaban J connectivity index is 1.62. The molecule has 4 aromatic rings. The maximum absolute atomic E-state index is 11.4. The summed E-state index contributed by atoms with van der Waals surface area (Å²) in [6.45, 7) is 1.94. The molecule has 2 heterocycles. The lowest BCUT2D eigenvalue weighted by Crippen LogP contribution is -2.24. The molecule has 0 bridgehead atoms. The summed E-state index contributed by atoms with van der Waals surface area (Å²) in [5.41, 5.74) is 4.21. The first-order valence-electron chi connectivity index (χ1n) is 8.77. The Hall–Kier alpha value is -3.94. The Morgan fingerprint density at radius 3 is 2.43 bits per heavy atom. The largest absolute Gasteiger partial charge is 0.341 e. The molecule has 140 valence electrons. The van der Waals surface area contributed by atoms with Gasteiger partial charge in [0.1, 0.15) is 5.52 Å². The Kier molecular flexibility index (Phi) is 4.59. The molecule has 28 heavy (non-hydrogen) atoms. The molecule has 0 aliphatic carbocycles. The van der Waals surface area contributed by atoms with E-state index in [1.165, 1.54) is 0 Å². The number of benzene rings is 2. The number of carbonyl (C=O) groups is 1. The number of urea groups is 1. The highest BCUT2D eigenvalue weighted by molar-refractivity contribution is 5.89. The van der Waals surface area contributed by atoms with Gasteiger partial charge in [0.05, 0.1) is 11.9 Å². The molecule has 0 atom stereocenters. The van der Waals surface area contributed by atoms with Gasteiger partial charge >= 0.3 is 6.03 Å². The number of rotatable bonds is 4. The number of carbonyl (C=O) groups excluding carboxylic acids is 1. The van der Waals surface area contributed by atoms with Crippen LogP contribution < -0.4 is 16.0 Å². The smallest absolute Gasteiger partial charge is 0.318 e. The summed E-state index contributed by atoms with van der Waals surface area (Å²) >= 11 is 0. The van der Waals surface area contributed by atoms with Crippen molar-refractivity contribution in [2.45, 2.75) is 6.92 Å². The van der Waals surface area contributed by atoms with Gasteiger partial charge in [-0.05, 0) is 31.2 Å². The zero-order valence-electron chi connectivity index (χ0n) is 15.5. The maximum atomic E-state index is 11.4. The second-order valence-electron chi connectivity index (χ2n) is 6.17. The average molecular weight is 373 g/mol. The third kappa shape index (κ3) is 3.48. The van der Waals surface area contributed by atoms with Gasteiger partial charge in [-0.15, -0.1) is 5.10 Å². The Morgan fingerprint density at radius 2 is 1.71 bits per heavy atom. The highest BCUT2D eigenvalue weighted by Crippen LogP contribution is 2.22. The van der Waals surface area contributed by atoms with Crippen molar-refractivity contribution >= 4 is 28.9 Å². The molecule has 2 amide bonds. The summed E-state index contributed by atoms with van der Waals surface area (Å²) in [4.78, 5) is 20.4. The quantitative estimate of drug-likeness (QED) is 0.508. The van der Waals surface area contributed by atoms with Gasteiger partial charge in [0, 0.05) is 24.0 Å². The number of aromatic nitrogens is 4. The Morgan fingerprint density at radius 1 is 1.00 bits per heavy atom. The van der Waals surface area contributed by atoms with Gasteiger partial charge in [0.25, 0.3) is 0 Å². The van der Waals surface area contributed by atoms with Crippen molar-refractivity contribution in [2.75, 3.05) is 17.7 Å². The molecular weight excluding hydrogens is 354 g/mol. The second kappa shape index (κ2) is 7.36. The normalized spacial score (nSPS) is 10.6. The molecule has 0 spiro atoms. The minimum atomic E-state index is -0.265. The lowest BCUT2D eigenvalue weighted by molar-refractivity contribution is 0.254. The van der Waals surface area contributed by atoms with Gasteiger partial charge in [0.15, 0.2) is 5.82 Å². The van der Waals surface area contributed by atoms with Gasteiger partial charge in [0.2, 0.25) is 5.95 Å². The summed E-state index contributed by atoms with van der Waals surface area (Å²) in [7, 11) is 1.57. The van der Waals surface area contributed by atoms with E-state index in [0.717, 1.165) is 28.3 Å². The van der Waals surface area contributed by atoms with Crippen LogP contribution in [0.15, 0.2) is 60.8 Å². The molecule has 0 aliphatic heterocycles. The zero-order chi connectivity index (χ0) is 19.5. The number of fused-ring (bicyclic) bond motifs is 1. The van der Waals surface area contributed by atoms with Gasteiger partial charge in [-0.3, -0.25) is 0 Å². The van der Waals surface area contributed by atoms with E-state index in [2.05, 4.69) is 31.0 Å². The van der Waals surface area contributed by atoms with E-state index in [4.69, 9.17) is 0 Å². The molecule has 8 nitrogen and oxygen atoms in total. The van der Waals surface area contributed by atoms with Crippen LogP contribution in [0.2, 0.25) is 0 Å². The van der Waals surface area contributed by atoms with E-state index in [-0.39, 0.29) is 6.03 Å². The van der Waals surface area contributed by atoms with Crippen LogP contribution in [0.4, 0.5) is 22.1 Å². The minimum Gasteiger partial charge on any atom is -0.341 e. The molecule has 4 rings (SSSR count). The van der Waals surface area contributed by atoms with Crippen molar-refractivity contribution in [1.82, 2.24) is 24.9 Å². The Labute approximate surface area is 161 Å². The number of nitrogens with zero attached hydrogens (tertiary/aromatic N) is 4. The van der Waals surface area contributed by atoms with Crippen molar-refractivity contribution in [3.63, 3.8) is 0 Å². The topological polar surface area (TPSA) is 96.2 Å². The van der Waals surface area contributed by atoms with Gasteiger partial charge in [-0.1, -0.05) is 30.3 Å². The predicted molar refractivity (Wildman–Crippen MR) is 109 cm³/mol. The van der Waals surface area contributed by atoms with Crippen molar-refractivity contribution < 1.29 is 4.79 Å². The van der Waals surface area contributed by atoms with E-state index in [9.17, 15) is 4.79 Å². The molecule has 3 N–H and O–H groups in total. The van der Waals surface area contributed by atoms with Crippen LogP contribution in [0.25, 0.3) is 16.9 Å². The van der Waals surface area contributed by atoms with Gasteiger partial charge < -0.3 is 16.0 Å². The molecule has 0 radical (unpaired) electrons. The molecule has 0 aliphatic rings. The van der Waals surface area contributed by atoms with Crippen molar-refractivity contribution in [3.8, 4) is 11.4 Å². The van der Waals surface area contributed by atoms with Crippen LogP contribution in [-0.4, -0.2) is 32.7 Å². The summed E-state index contributed by atoms with van der Waals surface area (Å²) in [5, 5.41) is 13.0. The fraction of sp³-hybridized carbons (Fsp3) is 0.100. The molecule has 0 fully saturated rings. The average Bonchev–Trinajstić information content (AvgIpc) is 3.06. The fourth-order valence-corrected chi connectivity index (χ4v) is 2.81. The molecular formula is C20H19N7O. The van der Waals surface area contributed by atoms with Crippen LogP contribution in [0.1, 0.15) is 5.69 Å². The number of nitrogens with one attached hydrogen (secondary N) is 3. The summed E-state index contributed by atoms with van der Waals surface area (Å²) in [6.07, 6.45) is 1.76. The van der Waals surface area contributed by atoms with Crippen molar-refractivity contribution in [1.29, 1.82) is 0 Å². The molecule has 0 unspecified atom stereocenters. The summed E-state index contributed by atoms with van der Waals surface area (Å²) in [6, 6.07) is 16.9. The van der Waals surface area contributed by atoms with E-state index >= 15 is 0 Å². The molecule has 0 saturated heterocycles. The SMILES string of the molecule is CNC(=O)Nc1ccc(Nc2ncc3c(C)nc(-c4ccccc4)n3n2)cc1. The summed E-state index contributed by atoms with van der Waals surface area (Å²) < 4.78 is 1.79. The monoisotopic (exact) mass is 373 g/mol. The standard InChI is InChI=1S/C20H19N7O/c1-13-17-12-22-19(24-15-8-10-16(11-9-15)25-20(28)21-2)26-27(17)18(23-13)14-6-4-3-5-7-14/h3-12H,1-2H3,(H,24,26)(H2,21,25,28). The zero-order valence-corrected chi connectivity index (χ0v) is 15.5. The third-order valence-corrected chi connectivity index (χ3v) is 4.23. The van der Waals surface area contributed by atoms with Crippen LogP contribution in [0.3, 0.4) is 0 Å².